The van der Waals surface area contributed by atoms with Crippen molar-refractivity contribution in [1.82, 2.24) is 10.6 Å². The van der Waals surface area contributed by atoms with Crippen molar-refractivity contribution < 1.29 is 36.0 Å². The van der Waals surface area contributed by atoms with Crippen LogP contribution in [-0.4, -0.2) is 61.6 Å². The first-order valence-electron chi connectivity index (χ1n) is 21.4. The molecule has 0 bridgehead atoms. The van der Waals surface area contributed by atoms with Crippen molar-refractivity contribution in [2.75, 3.05) is 48.3 Å². The summed E-state index contributed by atoms with van der Waals surface area (Å²) >= 11 is 0. The maximum atomic E-state index is 15.6. The van der Waals surface area contributed by atoms with Gasteiger partial charge in [-0.1, -0.05) is 70.1 Å². The summed E-state index contributed by atoms with van der Waals surface area (Å²) in [5.41, 5.74) is 16.1. The predicted octanol–water partition coefficient (Wildman–Crippen LogP) is 8.41. The summed E-state index contributed by atoms with van der Waals surface area (Å²) in [6.07, 6.45) is 0. The summed E-state index contributed by atoms with van der Waals surface area (Å²) in [5.74, 6) is -3.30. The van der Waals surface area contributed by atoms with Crippen LogP contribution >= 0.6 is 21.6 Å². The number of carbonyl (C=O) groups excluding carboxylic acids is 2. The Balaban J connectivity index is 0.786. The molecular formula is C50H44F4N6O6S2. The first kappa shape index (κ1) is 47.6. The molecule has 2 unspecified atom stereocenters. The molecule has 12 nitrogen and oxygen atoms in total. The lowest BCUT2D eigenvalue weighted by atomic mass is 9.91. The molecular weight excluding hydrogens is 921 g/mol. The summed E-state index contributed by atoms with van der Waals surface area (Å²) in [6.45, 7) is 4.21. The zero-order valence-electron chi connectivity index (χ0n) is 36.6. The van der Waals surface area contributed by atoms with Crippen molar-refractivity contribution in [2.24, 2.45) is 11.5 Å². The van der Waals surface area contributed by atoms with Gasteiger partial charge in [0.05, 0.1) is 23.5 Å². The number of amides is 2. The van der Waals surface area contributed by atoms with Gasteiger partial charge in [0.1, 0.15) is 34.3 Å². The van der Waals surface area contributed by atoms with E-state index in [1.165, 1.54) is 45.9 Å². The Bertz CT molecular complexity index is 3060. The quantitative estimate of drug-likeness (QED) is 0.0221. The summed E-state index contributed by atoms with van der Waals surface area (Å²) in [5, 5.41) is 12.1. The number of halogens is 4. The second kappa shape index (κ2) is 20.6. The van der Waals surface area contributed by atoms with E-state index in [9.17, 15) is 28.0 Å². The van der Waals surface area contributed by atoms with Crippen LogP contribution in [0.1, 0.15) is 11.1 Å². The molecule has 2 aliphatic heterocycles. The molecule has 2 aliphatic carbocycles. The van der Waals surface area contributed by atoms with E-state index in [-0.39, 0.29) is 71.7 Å². The molecule has 0 spiro atoms. The Hall–Kier alpha value is -6.86. The van der Waals surface area contributed by atoms with Crippen molar-refractivity contribution in [3.8, 4) is 44.9 Å². The number of fused-ring (bicyclic) bond motifs is 4. The number of benzene rings is 6. The van der Waals surface area contributed by atoms with Gasteiger partial charge < -0.3 is 41.6 Å². The van der Waals surface area contributed by atoms with Gasteiger partial charge in [0.25, 0.3) is 0 Å². The van der Waals surface area contributed by atoms with Gasteiger partial charge in [-0.2, -0.15) is 0 Å². The third-order valence-electron chi connectivity index (χ3n) is 11.3. The Morgan fingerprint density at radius 3 is 1.34 bits per heavy atom. The van der Waals surface area contributed by atoms with E-state index in [0.717, 1.165) is 46.5 Å². The Labute approximate surface area is 394 Å². The van der Waals surface area contributed by atoms with Gasteiger partial charge in [-0.25, -0.2) is 17.6 Å². The van der Waals surface area contributed by atoms with Crippen LogP contribution in [-0.2, 0) is 9.59 Å². The van der Waals surface area contributed by atoms with Crippen LogP contribution in [0.5, 0.6) is 0 Å². The first-order chi connectivity index (χ1) is 32.7. The van der Waals surface area contributed by atoms with Crippen LogP contribution in [0.2, 0.25) is 0 Å². The number of nitrogens with two attached hydrogens (primary N) is 2. The van der Waals surface area contributed by atoms with Crippen molar-refractivity contribution in [2.45, 2.75) is 25.9 Å². The smallest absolute Gasteiger partial charge is 0.237 e. The fraction of sp³-hybridized carbons (Fsp3) is 0.200. The minimum atomic E-state index is -0.947. The van der Waals surface area contributed by atoms with Crippen LogP contribution in [0.15, 0.2) is 115 Å². The standard InChI is InChI=1S/C50H44F4N6O6S2/c1-25-7-3-5-9-27(25)47-29-15-33(51)39(19-43(29)65-45-21-41(61)35(53)17-31(45)47)57-11-13-59-49(63)37(55)23-67-68-24-38(56)50(64)60-14-12-58-40-20-44-30(16-34(40)52)48(28-10-6-4-8-26(28)2)32-18-36(54)42(62)22-46(32)66-44/h3-10,15-22,37-38,57-58H,11-14,23-24,55-56H2,1-2H3,(H,59,63)(H,60,64). The molecule has 4 aromatic carbocycles. The van der Waals surface area contributed by atoms with E-state index in [0.29, 0.717) is 33.0 Å². The minimum Gasteiger partial charge on any atom is -0.456 e. The van der Waals surface area contributed by atoms with E-state index in [1.807, 2.05) is 62.4 Å². The van der Waals surface area contributed by atoms with Crippen molar-refractivity contribution in [3.63, 3.8) is 0 Å². The molecule has 0 fully saturated rings. The molecule has 0 saturated carbocycles. The van der Waals surface area contributed by atoms with Gasteiger partial charge in [0, 0.05) is 95.0 Å². The molecule has 8 N–H and O–H groups in total. The highest BCUT2D eigenvalue weighted by Gasteiger charge is 2.24. The lowest BCUT2D eigenvalue weighted by Crippen LogP contribution is -2.44. The number of rotatable bonds is 17. The first-order valence-corrected chi connectivity index (χ1v) is 23.9. The zero-order chi connectivity index (χ0) is 48.2. The van der Waals surface area contributed by atoms with Gasteiger partial charge >= 0.3 is 0 Å². The van der Waals surface area contributed by atoms with Crippen LogP contribution in [0.25, 0.3) is 66.8 Å². The van der Waals surface area contributed by atoms with E-state index >= 15 is 8.78 Å². The summed E-state index contributed by atoms with van der Waals surface area (Å²) in [4.78, 5) is 49.8. The number of nitrogens with one attached hydrogen (secondary N) is 4. The molecule has 0 aromatic heterocycles. The SMILES string of the molecule is Cc1ccccc1-c1c2cc(F)c(=O)cc-2oc2cc(NCCNC(=O)C(N)CSSCC(N)C(=O)NCCNc3cc4oc5cc(=O)c(F)cc-5c(-c5ccccc5C)c4cc3F)c(F)cc12. The molecule has 2 amide bonds. The maximum absolute atomic E-state index is 15.6. The Kier molecular flexibility index (Phi) is 14.4. The second-order valence-electron chi connectivity index (χ2n) is 16.0. The molecule has 0 radical (unpaired) electrons. The third kappa shape index (κ3) is 10.2. The molecule has 2 heterocycles. The average Bonchev–Trinajstić information content (AvgIpc) is 3.31. The van der Waals surface area contributed by atoms with Gasteiger partial charge in [-0.05, 0) is 60.4 Å². The molecule has 8 rings (SSSR count). The summed E-state index contributed by atoms with van der Waals surface area (Å²) in [7, 11) is 2.53. The van der Waals surface area contributed by atoms with E-state index in [1.54, 1.807) is 0 Å². The van der Waals surface area contributed by atoms with E-state index in [2.05, 4.69) is 21.3 Å². The van der Waals surface area contributed by atoms with Crippen LogP contribution in [0.3, 0.4) is 0 Å². The monoisotopic (exact) mass is 964 g/mol. The fourth-order valence-electron chi connectivity index (χ4n) is 7.80. The second-order valence-corrected chi connectivity index (χ2v) is 18.6. The van der Waals surface area contributed by atoms with Gasteiger partial charge in [0.2, 0.25) is 22.7 Å². The molecule has 350 valence electrons. The van der Waals surface area contributed by atoms with Gasteiger partial charge in [-0.15, -0.1) is 0 Å². The average molecular weight is 965 g/mol. The Morgan fingerprint density at radius 1 is 0.544 bits per heavy atom. The normalized spacial score (nSPS) is 12.4. The summed E-state index contributed by atoms with van der Waals surface area (Å²) < 4.78 is 72.0. The lowest BCUT2D eigenvalue weighted by Gasteiger charge is -2.18. The number of hydrogen-bond acceptors (Lipinski definition) is 12. The minimum absolute atomic E-state index is 0.0849. The fourth-order valence-corrected chi connectivity index (χ4v) is 10.0. The van der Waals surface area contributed by atoms with Crippen LogP contribution in [0.4, 0.5) is 28.9 Å². The number of carbonyl (C=O) groups is 2. The highest BCUT2D eigenvalue weighted by molar-refractivity contribution is 8.76. The lowest BCUT2D eigenvalue weighted by molar-refractivity contribution is -0.122. The van der Waals surface area contributed by atoms with Gasteiger partial charge in [-0.3, -0.25) is 19.2 Å². The highest BCUT2D eigenvalue weighted by Crippen LogP contribution is 2.44. The highest BCUT2D eigenvalue weighted by atomic mass is 33.1. The van der Waals surface area contributed by atoms with Crippen molar-refractivity contribution in [3.05, 3.63) is 152 Å². The number of hydrogen-bond donors (Lipinski definition) is 6. The third-order valence-corrected chi connectivity index (χ3v) is 13.8. The molecule has 2 atom stereocenters. The van der Waals surface area contributed by atoms with E-state index < -0.39 is 58.0 Å². The largest absolute Gasteiger partial charge is 0.456 e. The number of aryl methyl sites for hydroxylation is 2. The van der Waals surface area contributed by atoms with Crippen molar-refractivity contribution >= 4 is 66.7 Å². The van der Waals surface area contributed by atoms with Crippen molar-refractivity contribution in [1.29, 1.82) is 0 Å². The van der Waals surface area contributed by atoms with Crippen LogP contribution < -0.4 is 43.6 Å². The molecule has 68 heavy (non-hydrogen) atoms. The molecule has 0 saturated heterocycles. The molecule has 18 heteroatoms. The predicted molar refractivity (Wildman–Crippen MR) is 262 cm³/mol. The van der Waals surface area contributed by atoms with E-state index in [4.69, 9.17) is 20.3 Å². The number of anilines is 2. The van der Waals surface area contributed by atoms with Crippen LogP contribution in [0, 0.1) is 37.1 Å². The zero-order valence-corrected chi connectivity index (χ0v) is 38.2. The molecule has 4 aliphatic rings. The summed E-state index contributed by atoms with van der Waals surface area (Å²) in [6, 6.07) is 22.8. The molecule has 4 aromatic rings. The Morgan fingerprint density at radius 2 is 0.941 bits per heavy atom. The maximum Gasteiger partial charge on any atom is 0.237 e. The topological polar surface area (TPSA) is 195 Å². The van der Waals surface area contributed by atoms with Gasteiger partial charge in [0.15, 0.2) is 11.6 Å².